The van der Waals surface area contributed by atoms with Gasteiger partial charge >= 0.3 is 0 Å². The molecule has 0 spiro atoms. The van der Waals surface area contributed by atoms with Crippen LogP contribution in [0.1, 0.15) is 48.4 Å². The van der Waals surface area contributed by atoms with Gasteiger partial charge in [0.2, 0.25) is 5.91 Å². The van der Waals surface area contributed by atoms with E-state index in [1.807, 2.05) is 27.7 Å². The van der Waals surface area contributed by atoms with Crippen molar-refractivity contribution in [2.45, 2.75) is 55.9 Å². The molecule has 4 amide bonds. The maximum absolute atomic E-state index is 12.9. The fraction of sp³-hybridized carbons (Fsp3) is 0.474. The summed E-state index contributed by atoms with van der Waals surface area (Å²) < 4.78 is -0.521. The first-order chi connectivity index (χ1) is 12.6. The van der Waals surface area contributed by atoms with Crippen molar-refractivity contribution in [3.05, 3.63) is 35.4 Å². The molecular weight excluding hydrogens is 366 g/mol. The Bertz CT molecular complexity index is 846. The SMILES string of the molecule is CC(C)NC(=O)[C@@H]1N2C(=O)[C@@H](N3C(=O)c4ccccc4C3=O)[C@H]2SC1(C)C. The van der Waals surface area contributed by atoms with Gasteiger partial charge in [-0.1, -0.05) is 12.1 Å². The molecule has 3 atom stereocenters. The fourth-order valence-electron chi connectivity index (χ4n) is 4.08. The lowest BCUT2D eigenvalue weighted by atomic mass is 9.94. The molecule has 27 heavy (non-hydrogen) atoms. The summed E-state index contributed by atoms with van der Waals surface area (Å²) in [5.74, 6) is -1.44. The minimum atomic E-state index is -0.862. The van der Waals surface area contributed by atoms with Crippen LogP contribution in [-0.2, 0) is 9.59 Å². The quantitative estimate of drug-likeness (QED) is 0.623. The van der Waals surface area contributed by atoms with Crippen molar-refractivity contribution >= 4 is 35.4 Å². The molecule has 0 saturated carbocycles. The van der Waals surface area contributed by atoms with Gasteiger partial charge in [0.1, 0.15) is 17.5 Å². The van der Waals surface area contributed by atoms with E-state index in [2.05, 4.69) is 5.32 Å². The van der Waals surface area contributed by atoms with Gasteiger partial charge in [0, 0.05) is 10.8 Å². The Morgan fingerprint density at radius 2 is 1.67 bits per heavy atom. The van der Waals surface area contributed by atoms with E-state index < -0.39 is 34.0 Å². The zero-order valence-electron chi connectivity index (χ0n) is 15.6. The second-order valence-corrected chi connectivity index (χ2v) is 9.66. The summed E-state index contributed by atoms with van der Waals surface area (Å²) in [7, 11) is 0. The maximum atomic E-state index is 12.9. The Hall–Kier alpha value is -2.35. The number of β-lactam (4-membered cyclic amide) rings is 1. The molecule has 3 aliphatic rings. The van der Waals surface area contributed by atoms with Gasteiger partial charge in [0.15, 0.2) is 0 Å². The summed E-state index contributed by atoms with van der Waals surface area (Å²) in [5, 5.41) is 2.46. The standard InChI is InChI=1S/C19H21N3O4S/c1-9(2)20-14(23)13-19(3,4)27-18-12(17(26)22(13)18)21-15(24)10-7-5-6-8-11(10)16(21)25/h5-9,12-13,18H,1-4H3,(H,20,23)/t12-,13+,18-/m1/s1. The molecule has 0 aliphatic carbocycles. The van der Waals surface area contributed by atoms with Crippen molar-refractivity contribution in [2.75, 3.05) is 0 Å². The molecule has 3 aliphatic heterocycles. The third-order valence-corrected chi connectivity index (χ3v) is 6.75. The number of fused-ring (bicyclic) bond motifs is 2. The minimum Gasteiger partial charge on any atom is -0.352 e. The van der Waals surface area contributed by atoms with E-state index in [-0.39, 0.29) is 17.9 Å². The van der Waals surface area contributed by atoms with Gasteiger partial charge in [-0.3, -0.25) is 24.1 Å². The Labute approximate surface area is 161 Å². The van der Waals surface area contributed by atoms with Crippen LogP contribution in [0.5, 0.6) is 0 Å². The number of carbonyl (C=O) groups excluding carboxylic acids is 4. The Kier molecular flexibility index (Phi) is 3.89. The summed E-state index contributed by atoms with van der Waals surface area (Å²) in [5.41, 5.74) is 0.648. The van der Waals surface area contributed by atoms with Crippen LogP contribution in [0.2, 0.25) is 0 Å². The third-order valence-electron chi connectivity index (χ3n) is 5.20. The van der Waals surface area contributed by atoms with E-state index in [1.54, 1.807) is 24.3 Å². The monoisotopic (exact) mass is 387 g/mol. The Morgan fingerprint density at radius 1 is 1.11 bits per heavy atom. The van der Waals surface area contributed by atoms with E-state index in [0.29, 0.717) is 11.1 Å². The molecule has 2 saturated heterocycles. The van der Waals surface area contributed by atoms with E-state index in [1.165, 1.54) is 16.7 Å². The highest BCUT2D eigenvalue weighted by atomic mass is 32.2. The van der Waals surface area contributed by atoms with Crippen molar-refractivity contribution in [1.82, 2.24) is 15.1 Å². The molecular formula is C19H21N3O4S. The normalized spacial score (nSPS) is 28.3. The number of hydrogen-bond donors (Lipinski definition) is 1. The maximum Gasteiger partial charge on any atom is 0.262 e. The van der Waals surface area contributed by atoms with Crippen molar-refractivity contribution in [1.29, 1.82) is 0 Å². The molecule has 8 heteroatoms. The zero-order valence-corrected chi connectivity index (χ0v) is 16.4. The topological polar surface area (TPSA) is 86.8 Å². The number of nitrogens with one attached hydrogen (secondary N) is 1. The molecule has 4 rings (SSSR count). The molecule has 0 radical (unpaired) electrons. The van der Waals surface area contributed by atoms with E-state index >= 15 is 0 Å². The van der Waals surface area contributed by atoms with Gasteiger partial charge < -0.3 is 10.2 Å². The van der Waals surface area contributed by atoms with Crippen LogP contribution in [0.15, 0.2) is 24.3 Å². The first kappa shape index (κ1) is 18.0. The summed E-state index contributed by atoms with van der Waals surface area (Å²) in [4.78, 5) is 53.7. The highest BCUT2D eigenvalue weighted by Gasteiger charge is 2.67. The van der Waals surface area contributed by atoms with Crippen LogP contribution in [0, 0.1) is 0 Å². The number of thioether (sulfide) groups is 1. The molecule has 0 unspecified atom stereocenters. The number of amides is 4. The molecule has 2 fully saturated rings. The average molecular weight is 387 g/mol. The molecule has 0 aromatic heterocycles. The molecule has 1 aromatic carbocycles. The van der Waals surface area contributed by atoms with Crippen LogP contribution in [0.4, 0.5) is 0 Å². The van der Waals surface area contributed by atoms with Crippen LogP contribution >= 0.6 is 11.8 Å². The molecule has 142 valence electrons. The van der Waals surface area contributed by atoms with Crippen molar-refractivity contribution in [2.24, 2.45) is 0 Å². The predicted octanol–water partition coefficient (Wildman–Crippen LogP) is 1.24. The van der Waals surface area contributed by atoms with E-state index in [9.17, 15) is 19.2 Å². The molecule has 3 heterocycles. The van der Waals surface area contributed by atoms with Crippen molar-refractivity contribution in [3.8, 4) is 0 Å². The summed E-state index contributed by atoms with van der Waals surface area (Å²) in [6, 6.07) is 5.06. The van der Waals surface area contributed by atoms with Crippen LogP contribution in [0.25, 0.3) is 0 Å². The minimum absolute atomic E-state index is 0.0410. The second kappa shape index (κ2) is 5.82. The van der Waals surface area contributed by atoms with Crippen LogP contribution in [-0.4, -0.2) is 61.7 Å². The van der Waals surface area contributed by atoms with Crippen LogP contribution in [0.3, 0.4) is 0 Å². The average Bonchev–Trinajstić information content (AvgIpc) is 2.98. The second-order valence-electron chi connectivity index (χ2n) is 7.89. The van der Waals surface area contributed by atoms with Gasteiger partial charge in [-0.05, 0) is 39.8 Å². The fourth-order valence-corrected chi connectivity index (χ4v) is 5.76. The molecule has 7 nitrogen and oxygen atoms in total. The Morgan fingerprint density at radius 3 is 2.19 bits per heavy atom. The number of nitrogens with zero attached hydrogens (tertiary/aromatic N) is 2. The van der Waals surface area contributed by atoms with Gasteiger partial charge in [-0.25, -0.2) is 0 Å². The first-order valence-corrected chi connectivity index (χ1v) is 9.80. The third kappa shape index (κ3) is 2.42. The lowest BCUT2D eigenvalue weighted by Crippen LogP contribution is -2.72. The van der Waals surface area contributed by atoms with E-state index in [0.717, 1.165) is 4.90 Å². The molecule has 0 bridgehead atoms. The van der Waals surface area contributed by atoms with Gasteiger partial charge in [0.05, 0.1) is 11.1 Å². The molecule has 1 N–H and O–H groups in total. The highest BCUT2D eigenvalue weighted by Crippen LogP contribution is 2.52. The number of rotatable bonds is 3. The first-order valence-electron chi connectivity index (χ1n) is 8.92. The van der Waals surface area contributed by atoms with E-state index in [4.69, 9.17) is 0 Å². The van der Waals surface area contributed by atoms with Gasteiger partial charge in [-0.15, -0.1) is 11.8 Å². The van der Waals surface area contributed by atoms with Crippen molar-refractivity contribution < 1.29 is 19.2 Å². The largest absolute Gasteiger partial charge is 0.352 e. The highest BCUT2D eigenvalue weighted by molar-refractivity contribution is 8.01. The number of benzene rings is 1. The lowest BCUT2D eigenvalue weighted by Gasteiger charge is -2.46. The smallest absolute Gasteiger partial charge is 0.262 e. The zero-order chi connectivity index (χ0) is 19.7. The number of hydrogen-bond acceptors (Lipinski definition) is 5. The Balaban J connectivity index is 1.63. The van der Waals surface area contributed by atoms with Crippen molar-refractivity contribution in [3.63, 3.8) is 0 Å². The molecule has 1 aromatic rings. The predicted molar refractivity (Wildman–Crippen MR) is 100 cm³/mol. The van der Waals surface area contributed by atoms with Gasteiger partial charge in [0.25, 0.3) is 17.7 Å². The van der Waals surface area contributed by atoms with Gasteiger partial charge in [-0.2, -0.15) is 0 Å². The summed E-state index contributed by atoms with van der Waals surface area (Å²) in [6.07, 6.45) is 0. The summed E-state index contributed by atoms with van der Waals surface area (Å²) >= 11 is 1.46. The summed E-state index contributed by atoms with van der Waals surface area (Å²) in [6.45, 7) is 7.55. The number of imide groups is 1. The number of carbonyl (C=O) groups is 4. The van der Waals surface area contributed by atoms with Crippen LogP contribution < -0.4 is 5.32 Å². The lowest BCUT2D eigenvalue weighted by molar-refractivity contribution is -0.157.